The second kappa shape index (κ2) is 6.23. The van der Waals surface area contributed by atoms with Crippen molar-refractivity contribution in [3.8, 4) is 5.75 Å². The molecule has 0 heterocycles. The SMILES string of the molecule is CC1(C(Cc2ccc(OC(F)(F)F)cc2)NN)CCCC1. The van der Waals surface area contributed by atoms with E-state index in [9.17, 15) is 13.2 Å². The topological polar surface area (TPSA) is 47.3 Å². The number of rotatable bonds is 5. The van der Waals surface area contributed by atoms with Crippen molar-refractivity contribution in [2.24, 2.45) is 11.3 Å². The number of hydrazine groups is 1. The van der Waals surface area contributed by atoms with Crippen molar-refractivity contribution in [3.63, 3.8) is 0 Å². The highest BCUT2D eigenvalue weighted by molar-refractivity contribution is 5.28. The van der Waals surface area contributed by atoms with Gasteiger partial charge >= 0.3 is 6.36 Å². The van der Waals surface area contributed by atoms with Crippen LogP contribution in [-0.4, -0.2) is 12.4 Å². The summed E-state index contributed by atoms with van der Waals surface area (Å²) in [7, 11) is 0. The van der Waals surface area contributed by atoms with E-state index in [1.165, 1.54) is 25.0 Å². The number of ether oxygens (including phenoxy) is 1. The highest BCUT2D eigenvalue weighted by atomic mass is 19.4. The summed E-state index contributed by atoms with van der Waals surface area (Å²) in [5.74, 6) is 5.48. The maximum atomic E-state index is 12.1. The zero-order valence-corrected chi connectivity index (χ0v) is 12.0. The van der Waals surface area contributed by atoms with Crippen molar-refractivity contribution in [2.45, 2.75) is 51.4 Å². The third kappa shape index (κ3) is 4.35. The molecule has 0 radical (unpaired) electrons. The lowest BCUT2D eigenvalue weighted by atomic mass is 9.78. The standard InChI is InChI=1S/C15H21F3N2O/c1-14(8-2-3-9-14)13(20-19)10-11-4-6-12(7-5-11)21-15(16,17)18/h4-7,13,20H,2-3,8-10,19H2,1H3. The first-order valence-corrected chi connectivity index (χ1v) is 7.13. The zero-order chi connectivity index (χ0) is 15.5. The summed E-state index contributed by atoms with van der Waals surface area (Å²) >= 11 is 0. The van der Waals surface area contributed by atoms with Crippen LogP contribution in [0.5, 0.6) is 5.75 Å². The van der Waals surface area contributed by atoms with Crippen LogP contribution in [0.3, 0.4) is 0 Å². The van der Waals surface area contributed by atoms with E-state index in [4.69, 9.17) is 5.84 Å². The number of halogens is 3. The van der Waals surface area contributed by atoms with Crippen LogP contribution in [0.1, 0.15) is 38.2 Å². The number of nitrogens with one attached hydrogen (secondary N) is 1. The highest BCUT2D eigenvalue weighted by Gasteiger charge is 2.36. The monoisotopic (exact) mass is 302 g/mol. The van der Waals surface area contributed by atoms with Gasteiger partial charge in [-0.05, 0) is 42.4 Å². The second-order valence-electron chi connectivity index (χ2n) is 5.98. The fourth-order valence-corrected chi connectivity index (χ4v) is 3.10. The molecule has 3 N–H and O–H groups in total. The lowest BCUT2D eigenvalue weighted by Crippen LogP contribution is -2.47. The molecular weight excluding hydrogens is 281 g/mol. The first-order valence-electron chi connectivity index (χ1n) is 7.13. The van der Waals surface area contributed by atoms with Crippen LogP contribution in [0.4, 0.5) is 13.2 Å². The van der Waals surface area contributed by atoms with Gasteiger partial charge in [0, 0.05) is 6.04 Å². The van der Waals surface area contributed by atoms with Gasteiger partial charge in [0.2, 0.25) is 0 Å². The zero-order valence-electron chi connectivity index (χ0n) is 12.0. The smallest absolute Gasteiger partial charge is 0.406 e. The van der Waals surface area contributed by atoms with E-state index in [0.717, 1.165) is 18.4 Å². The fraction of sp³-hybridized carbons (Fsp3) is 0.600. The van der Waals surface area contributed by atoms with Crippen LogP contribution in [0.2, 0.25) is 0 Å². The molecule has 0 spiro atoms. The second-order valence-corrected chi connectivity index (χ2v) is 5.98. The molecule has 1 unspecified atom stereocenters. The Bertz CT molecular complexity index is 453. The summed E-state index contributed by atoms with van der Waals surface area (Å²) in [5.41, 5.74) is 3.97. The summed E-state index contributed by atoms with van der Waals surface area (Å²) in [4.78, 5) is 0. The predicted octanol–water partition coefficient (Wildman–Crippen LogP) is 3.54. The Labute approximate surface area is 122 Å². The Kier molecular flexibility index (Phi) is 4.78. The maximum absolute atomic E-state index is 12.1. The van der Waals surface area contributed by atoms with Crippen LogP contribution >= 0.6 is 0 Å². The maximum Gasteiger partial charge on any atom is 0.573 e. The molecule has 0 saturated heterocycles. The molecule has 1 aliphatic rings. The van der Waals surface area contributed by atoms with Crippen molar-refractivity contribution in [1.82, 2.24) is 5.43 Å². The van der Waals surface area contributed by atoms with Crippen molar-refractivity contribution in [3.05, 3.63) is 29.8 Å². The van der Waals surface area contributed by atoms with Crippen LogP contribution in [-0.2, 0) is 6.42 Å². The van der Waals surface area contributed by atoms with Crippen LogP contribution in [0.25, 0.3) is 0 Å². The van der Waals surface area contributed by atoms with Crippen LogP contribution in [0.15, 0.2) is 24.3 Å². The van der Waals surface area contributed by atoms with E-state index in [0.29, 0.717) is 6.42 Å². The Hall–Kier alpha value is -1.27. The summed E-state index contributed by atoms with van der Waals surface area (Å²) in [5, 5.41) is 0. The van der Waals surface area contributed by atoms with Gasteiger partial charge in [0.25, 0.3) is 0 Å². The molecule has 3 nitrogen and oxygen atoms in total. The largest absolute Gasteiger partial charge is 0.573 e. The van der Waals surface area contributed by atoms with E-state index >= 15 is 0 Å². The highest BCUT2D eigenvalue weighted by Crippen LogP contribution is 2.41. The Morgan fingerprint density at radius 1 is 1.24 bits per heavy atom. The third-order valence-corrected chi connectivity index (χ3v) is 4.38. The molecule has 1 aliphatic carbocycles. The van der Waals surface area contributed by atoms with Gasteiger partial charge in [0.15, 0.2) is 0 Å². The molecule has 21 heavy (non-hydrogen) atoms. The minimum absolute atomic E-state index is 0.120. The Morgan fingerprint density at radius 2 is 1.81 bits per heavy atom. The summed E-state index contributed by atoms with van der Waals surface area (Å²) in [6, 6.07) is 6.11. The summed E-state index contributed by atoms with van der Waals surface area (Å²) in [6.07, 6.45) is 0.688. The van der Waals surface area contributed by atoms with E-state index in [2.05, 4.69) is 17.1 Å². The van der Waals surface area contributed by atoms with Crippen molar-refractivity contribution in [1.29, 1.82) is 0 Å². The number of alkyl halides is 3. The van der Waals surface area contributed by atoms with Crippen molar-refractivity contribution < 1.29 is 17.9 Å². The van der Waals surface area contributed by atoms with E-state index in [1.54, 1.807) is 12.1 Å². The summed E-state index contributed by atoms with van der Waals surface area (Å²) < 4.78 is 40.2. The molecule has 1 saturated carbocycles. The molecule has 0 bridgehead atoms. The lowest BCUT2D eigenvalue weighted by Gasteiger charge is -2.33. The van der Waals surface area contributed by atoms with Crippen LogP contribution < -0.4 is 16.0 Å². The average molecular weight is 302 g/mol. The quantitative estimate of drug-likeness (QED) is 0.646. The Balaban J connectivity index is 2.01. The average Bonchev–Trinajstić information content (AvgIpc) is 2.84. The van der Waals surface area contributed by atoms with Crippen molar-refractivity contribution in [2.75, 3.05) is 0 Å². The molecule has 1 aromatic rings. The molecule has 2 rings (SSSR count). The predicted molar refractivity (Wildman–Crippen MR) is 74.5 cm³/mol. The van der Waals surface area contributed by atoms with Gasteiger partial charge in [0.1, 0.15) is 5.75 Å². The van der Waals surface area contributed by atoms with Gasteiger partial charge in [0.05, 0.1) is 0 Å². The third-order valence-electron chi connectivity index (χ3n) is 4.38. The Morgan fingerprint density at radius 3 is 2.29 bits per heavy atom. The van der Waals surface area contributed by atoms with Gasteiger partial charge in [-0.1, -0.05) is 31.9 Å². The van der Waals surface area contributed by atoms with Crippen LogP contribution in [0, 0.1) is 5.41 Å². The number of hydrogen-bond donors (Lipinski definition) is 2. The lowest BCUT2D eigenvalue weighted by molar-refractivity contribution is -0.274. The molecule has 1 aromatic carbocycles. The number of hydrogen-bond acceptors (Lipinski definition) is 3. The first-order chi connectivity index (χ1) is 9.82. The summed E-state index contributed by atoms with van der Waals surface area (Å²) in [6.45, 7) is 2.21. The number of nitrogens with two attached hydrogens (primary N) is 1. The van der Waals surface area contributed by atoms with E-state index in [-0.39, 0.29) is 17.2 Å². The van der Waals surface area contributed by atoms with E-state index in [1.807, 2.05) is 0 Å². The molecule has 0 aromatic heterocycles. The molecule has 1 fully saturated rings. The minimum atomic E-state index is -4.65. The molecule has 6 heteroatoms. The van der Waals surface area contributed by atoms with Gasteiger partial charge < -0.3 is 4.74 Å². The normalized spacial score (nSPS) is 19.5. The van der Waals surface area contributed by atoms with Gasteiger partial charge in [-0.2, -0.15) is 0 Å². The molecule has 1 atom stereocenters. The van der Waals surface area contributed by atoms with Gasteiger partial charge in [-0.15, -0.1) is 13.2 Å². The van der Waals surface area contributed by atoms with Crippen molar-refractivity contribution >= 4 is 0 Å². The molecule has 0 amide bonds. The molecular formula is C15H21F3N2O. The van der Waals surface area contributed by atoms with Gasteiger partial charge in [-0.3, -0.25) is 11.3 Å². The van der Waals surface area contributed by atoms with Gasteiger partial charge in [-0.25, -0.2) is 0 Å². The fourth-order valence-electron chi connectivity index (χ4n) is 3.10. The number of benzene rings is 1. The minimum Gasteiger partial charge on any atom is -0.406 e. The first kappa shape index (κ1) is 16.1. The van der Waals surface area contributed by atoms with E-state index < -0.39 is 6.36 Å². The molecule has 0 aliphatic heterocycles. The molecule has 118 valence electrons.